The summed E-state index contributed by atoms with van der Waals surface area (Å²) in [6.45, 7) is 0. The topological polar surface area (TPSA) is 37.3 Å². The molecule has 1 aliphatic rings. The van der Waals surface area contributed by atoms with Gasteiger partial charge in [-0.05, 0) is 36.7 Å². The van der Waals surface area contributed by atoms with E-state index >= 15 is 0 Å². The van der Waals surface area contributed by atoms with Crippen molar-refractivity contribution in [1.29, 1.82) is 0 Å². The van der Waals surface area contributed by atoms with Crippen LogP contribution in [0.3, 0.4) is 0 Å². The summed E-state index contributed by atoms with van der Waals surface area (Å²) in [6, 6.07) is 10.4. The number of carbonyl (C=O) groups is 1. The van der Waals surface area contributed by atoms with E-state index in [0.717, 1.165) is 12.8 Å². The minimum Gasteiger partial charge on any atom is -0.481 e. The van der Waals surface area contributed by atoms with Gasteiger partial charge in [-0.3, -0.25) is 4.79 Å². The second kappa shape index (κ2) is 5.85. The number of rotatable bonds is 4. The summed E-state index contributed by atoms with van der Waals surface area (Å²) in [7, 11) is 0. The molecule has 1 saturated carbocycles. The predicted octanol–water partition coefficient (Wildman–Crippen LogP) is 3.51. The Hall–Kier alpha value is -1.31. The van der Waals surface area contributed by atoms with Crippen molar-refractivity contribution in [2.24, 2.45) is 11.8 Å². The molecule has 2 heteroatoms. The van der Waals surface area contributed by atoms with Crippen LogP contribution in [0, 0.1) is 11.8 Å². The molecule has 0 bridgehead atoms. The highest BCUT2D eigenvalue weighted by atomic mass is 16.4. The first-order valence-electron chi connectivity index (χ1n) is 6.51. The van der Waals surface area contributed by atoms with Crippen LogP contribution in [0.15, 0.2) is 30.3 Å². The van der Waals surface area contributed by atoms with Crippen LogP contribution in [0.5, 0.6) is 0 Å². The van der Waals surface area contributed by atoms with E-state index in [-0.39, 0.29) is 0 Å². The molecule has 17 heavy (non-hydrogen) atoms. The molecule has 0 aromatic heterocycles. The molecule has 1 fully saturated rings. The molecule has 0 spiro atoms. The standard InChI is InChI=1S/C15H20O2/c16-15(17)11-14-9-5-4-8-13(14)10-12-6-2-1-3-7-12/h1-3,6-7,13-14H,4-5,8-11H2,(H,16,17)/t13-,14-/m0/s1. The Bertz CT molecular complexity index is 358. The van der Waals surface area contributed by atoms with E-state index in [1.165, 1.54) is 24.8 Å². The van der Waals surface area contributed by atoms with Gasteiger partial charge in [-0.2, -0.15) is 0 Å². The highest BCUT2D eigenvalue weighted by molar-refractivity contribution is 5.67. The summed E-state index contributed by atoms with van der Waals surface area (Å²) < 4.78 is 0. The molecule has 0 heterocycles. The average Bonchev–Trinajstić information content (AvgIpc) is 2.32. The normalized spacial score (nSPS) is 24.5. The Labute approximate surface area is 103 Å². The van der Waals surface area contributed by atoms with E-state index in [9.17, 15) is 4.79 Å². The SMILES string of the molecule is O=C(O)C[C@@H]1CCCC[C@H]1Cc1ccccc1. The zero-order valence-electron chi connectivity index (χ0n) is 10.1. The second-order valence-electron chi connectivity index (χ2n) is 5.09. The number of carboxylic acid groups (broad SMARTS) is 1. The van der Waals surface area contributed by atoms with Crippen molar-refractivity contribution in [1.82, 2.24) is 0 Å². The fourth-order valence-electron chi connectivity index (χ4n) is 2.96. The van der Waals surface area contributed by atoms with Gasteiger partial charge in [0.1, 0.15) is 0 Å². The van der Waals surface area contributed by atoms with Crippen molar-refractivity contribution in [3.05, 3.63) is 35.9 Å². The van der Waals surface area contributed by atoms with E-state index < -0.39 is 5.97 Å². The summed E-state index contributed by atoms with van der Waals surface area (Å²) in [5, 5.41) is 8.95. The van der Waals surface area contributed by atoms with Gasteiger partial charge < -0.3 is 5.11 Å². The monoisotopic (exact) mass is 232 g/mol. The Morgan fingerprint density at radius 1 is 1.12 bits per heavy atom. The molecular weight excluding hydrogens is 212 g/mol. The van der Waals surface area contributed by atoms with Gasteiger partial charge in [0.05, 0.1) is 0 Å². The molecular formula is C15H20O2. The lowest BCUT2D eigenvalue weighted by Crippen LogP contribution is -2.24. The lowest BCUT2D eigenvalue weighted by atomic mass is 9.75. The van der Waals surface area contributed by atoms with Crippen molar-refractivity contribution >= 4 is 5.97 Å². The molecule has 0 saturated heterocycles. The van der Waals surface area contributed by atoms with Crippen LogP contribution in [0.1, 0.15) is 37.7 Å². The Morgan fingerprint density at radius 3 is 2.41 bits per heavy atom. The van der Waals surface area contributed by atoms with Crippen molar-refractivity contribution in [2.75, 3.05) is 0 Å². The molecule has 0 aliphatic heterocycles. The number of hydrogen-bond acceptors (Lipinski definition) is 1. The van der Waals surface area contributed by atoms with E-state index in [4.69, 9.17) is 5.11 Å². The van der Waals surface area contributed by atoms with E-state index in [1.54, 1.807) is 0 Å². The molecule has 0 amide bonds. The van der Waals surface area contributed by atoms with Crippen molar-refractivity contribution in [3.8, 4) is 0 Å². The van der Waals surface area contributed by atoms with Crippen LogP contribution in [0.25, 0.3) is 0 Å². The van der Waals surface area contributed by atoms with E-state index in [1.807, 2.05) is 6.07 Å². The zero-order valence-corrected chi connectivity index (χ0v) is 10.1. The van der Waals surface area contributed by atoms with Crippen LogP contribution >= 0.6 is 0 Å². The summed E-state index contributed by atoms with van der Waals surface area (Å²) in [4.78, 5) is 10.9. The average molecular weight is 232 g/mol. The lowest BCUT2D eigenvalue weighted by molar-refractivity contribution is -0.138. The largest absolute Gasteiger partial charge is 0.481 e. The number of carboxylic acids is 1. The van der Waals surface area contributed by atoms with Crippen LogP contribution in [-0.2, 0) is 11.2 Å². The molecule has 0 radical (unpaired) electrons. The molecule has 1 N–H and O–H groups in total. The summed E-state index contributed by atoms with van der Waals surface area (Å²) in [6.07, 6.45) is 6.11. The molecule has 1 aromatic carbocycles. The lowest BCUT2D eigenvalue weighted by Gasteiger charge is -2.30. The van der Waals surface area contributed by atoms with Gasteiger partial charge in [-0.25, -0.2) is 0 Å². The molecule has 1 aliphatic carbocycles. The van der Waals surface area contributed by atoms with Crippen LogP contribution < -0.4 is 0 Å². The van der Waals surface area contributed by atoms with Gasteiger partial charge in [0.15, 0.2) is 0 Å². The highest BCUT2D eigenvalue weighted by Crippen LogP contribution is 2.34. The maximum atomic E-state index is 10.9. The van der Waals surface area contributed by atoms with Gasteiger partial charge >= 0.3 is 5.97 Å². The predicted molar refractivity (Wildman–Crippen MR) is 67.8 cm³/mol. The first-order chi connectivity index (χ1) is 8.25. The summed E-state index contributed by atoms with van der Waals surface area (Å²) in [5.74, 6) is 0.290. The van der Waals surface area contributed by atoms with Crippen molar-refractivity contribution < 1.29 is 9.90 Å². The van der Waals surface area contributed by atoms with Crippen LogP contribution in [0.4, 0.5) is 0 Å². The number of benzene rings is 1. The molecule has 2 atom stereocenters. The molecule has 1 aromatic rings. The number of aliphatic carboxylic acids is 1. The first kappa shape index (κ1) is 12.2. The minimum absolute atomic E-state index is 0.345. The van der Waals surface area contributed by atoms with Gasteiger partial charge in [-0.15, -0.1) is 0 Å². The van der Waals surface area contributed by atoms with E-state index in [0.29, 0.717) is 18.3 Å². The Morgan fingerprint density at radius 2 is 1.76 bits per heavy atom. The van der Waals surface area contributed by atoms with Crippen LogP contribution in [0.2, 0.25) is 0 Å². The van der Waals surface area contributed by atoms with Crippen molar-refractivity contribution in [3.63, 3.8) is 0 Å². The third kappa shape index (κ3) is 3.58. The van der Waals surface area contributed by atoms with Gasteiger partial charge in [-0.1, -0.05) is 43.2 Å². The summed E-state index contributed by atoms with van der Waals surface area (Å²) >= 11 is 0. The van der Waals surface area contributed by atoms with Gasteiger partial charge in [0.2, 0.25) is 0 Å². The number of hydrogen-bond donors (Lipinski definition) is 1. The maximum absolute atomic E-state index is 10.9. The molecule has 92 valence electrons. The van der Waals surface area contributed by atoms with Gasteiger partial charge in [0.25, 0.3) is 0 Å². The fraction of sp³-hybridized carbons (Fsp3) is 0.533. The fourth-order valence-corrected chi connectivity index (χ4v) is 2.96. The smallest absolute Gasteiger partial charge is 0.303 e. The third-order valence-electron chi connectivity index (χ3n) is 3.84. The molecule has 2 nitrogen and oxygen atoms in total. The maximum Gasteiger partial charge on any atom is 0.303 e. The van der Waals surface area contributed by atoms with E-state index in [2.05, 4.69) is 24.3 Å². The van der Waals surface area contributed by atoms with Crippen molar-refractivity contribution in [2.45, 2.75) is 38.5 Å². The summed E-state index contributed by atoms with van der Waals surface area (Å²) in [5.41, 5.74) is 1.34. The second-order valence-corrected chi connectivity index (χ2v) is 5.09. The zero-order chi connectivity index (χ0) is 12.1. The van der Waals surface area contributed by atoms with Gasteiger partial charge in [0, 0.05) is 6.42 Å². The third-order valence-corrected chi connectivity index (χ3v) is 3.84. The quantitative estimate of drug-likeness (QED) is 0.862. The Balaban J connectivity index is 1.99. The Kier molecular flexibility index (Phi) is 4.18. The van der Waals surface area contributed by atoms with Crippen LogP contribution in [-0.4, -0.2) is 11.1 Å². The molecule has 0 unspecified atom stereocenters. The molecule has 2 rings (SSSR count). The minimum atomic E-state index is -0.644. The first-order valence-corrected chi connectivity index (χ1v) is 6.51. The highest BCUT2D eigenvalue weighted by Gasteiger charge is 2.26.